The smallest absolute Gasteiger partial charge is 0.269 e. The van der Waals surface area contributed by atoms with Crippen LogP contribution in [0.2, 0.25) is 0 Å². The van der Waals surface area contributed by atoms with Crippen LogP contribution in [0.5, 0.6) is 5.75 Å². The van der Waals surface area contributed by atoms with Crippen LogP contribution in [0.15, 0.2) is 52.3 Å². The van der Waals surface area contributed by atoms with Gasteiger partial charge >= 0.3 is 0 Å². The highest BCUT2D eigenvalue weighted by Crippen LogP contribution is 2.28. The highest BCUT2D eigenvalue weighted by atomic mass is 79.9. The first-order valence-electron chi connectivity index (χ1n) is 8.37. The predicted molar refractivity (Wildman–Crippen MR) is 112 cm³/mol. The number of rotatable bonds is 7. The van der Waals surface area contributed by atoms with Crippen molar-refractivity contribution in [2.75, 3.05) is 11.9 Å². The van der Waals surface area contributed by atoms with Crippen LogP contribution in [-0.2, 0) is 11.2 Å². The van der Waals surface area contributed by atoms with Gasteiger partial charge in [-0.15, -0.1) is 11.3 Å². The number of aryl methyl sites for hydroxylation is 1. The molecule has 7 nitrogen and oxygen atoms in total. The molecule has 0 bridgehead atoms. The fourth-order valence-corrected chi connectivity index (χ4v) is 3.67. The number of nitro benzene ring substituents is 1. The summed E-state index contributed by atoms with van der Waals surface area (Å²) >= 11 is 4.71. The van der Waals surface area contributed by atoms with E-state index in [-0.39, 0.29) is 18.2 Å². The summed E-state index contributed by atoms with van der Waals surface area (Å²) in [4.78, 5) is 26.7. The summed E-state index contributed by atoms with van der Waals surface area (Å²) < 4.78 is 6.35. The molecule has 9 heteroatoms. The monoisotopic (exact) mass is 461 g/mol. The summed E-state index contributed by atoms with van der Waals surface area (Å²) in [5.74, 6) is 0.272. The van der Waals surface area contributed by atoms with Gasteiger partial charge in [-0.2, -0.15) is 0 Å². The lowest BCUT2D eigenvalue weighted by Gasteiger charge is -2.09. The molecule has 3 rings (SSSR count). The number of thiazole rings is 1. The Balaban J connectivity index is 1.58. The van der Waals surface area contributed by atoms with Crippen molar-refractivity contribution in [2.45, 2.75) is 13.3 Å². The Bertz CT molecular complexity index is 1000. The van der Waals surface area contributed by atoms with E-state index in [0.29, 0.717) is 16.6 Å². The number of nitrogens with one attached hydrogen (secondary N) is 1. The van der Waals surface area contributed by atoms with Crippen molar-refractivity contribution in [1.82, 2.24) is 4.98 Å². The number of benzene rings is 2. The molecule has 28 heavy (non-hydrogen) atoms. The second-order valence-electron chi connectivity index (χ2n) is 5.80. The van der Waals surface area contributed by atoms with Gasteiger partial charge in [0, 0.05) is 23.1 Å². The van der Waals surface area contributed by atoms with E-state index in [0.717, 1.165) is 16.5 Å². The number of carbonyl (C=O) groups is 1. The number of hydrogen-bond donors (Lipinski definition) is 1. The van der Waals surface area contributed by atoms with E-state index in [4.69, 9.17) is 4.74 Å². The van der Waals surface area contributed by atoms with Crippen LogP contribution in [0, 0.1) is 10.1 Å². The molecule has 144 valence electrons. The zero-order valence-corrected chi connectivity index (χ0v) is 17.2. The molecule has 3 aromatic rings. The lowest BCUT2D eigenvalue weighted by atomic mass is 10.1. The second-order valence-corrected chi connectivity index (χ2v) is 7.51. The third-order valence-electron chi connectivity index (χ3n) is 3.89. The standard InChI is InChI=1S/C19H16BrN3O4S/c1-2-12-3-8-17(15(20)9-12)27-10-18(24)22-19-21-16(11-28-19)13-4-6-14(7-5-13)23(25)26/h3-9,11H,2,10H2,1H3,(H,21,22,24). The van der Waals surface area contributed by atoms with E-state index in [1.54, 1.807) is 17.5 Å². The fraction of sp³-hybridized carbons (Fsp3) is 0.158. The Labute approximate surface area is 173 Å². The second kappa shape index (κ2) is 8.94. The van der Waals surface area contributed by atoms with E-state index in [1.807, 2.05) is 18.2 Å². The topological polar surface area (TPSA) is 94.4 Å². The number of nitro groups is 1. The summed E-state index contributed by atoms with van der Waals surface area (Å²) in [6.45, 7) is 1.92. The molecule has 2 aromatic carbocycles. The number of halogens is 1. The normalized spacial score (nSPS) is 10.5. The molecule has 1 heterocycles. The molecule has 1 aromatic heterocycles. The van der Waals surface area contributed by atoms with Gasteiger partial charge < -0.3 is 4.74 Å². The summed E-state index contributed by atoms with van der Waals surface area (Å²) in [5.41, 5.74) is 2.56. The zero-order chi connectivity index (χ0) is 20.1. The predicted octanol–water partition coefficient (Wildman–Crippen LogP) is 5.06. The Hall–Kier alpha value is -2.78. The van der Waals surface area contributed by atoms with E-state index < -0.39 is 4.92 Å². The molecule has 1 amide bonds. The summed E-state index contributed by atoms with van der Waals surface area (Å²) in [6.07, 6.45) is 0.917. The van der Waals surface area contributed by atoms with E-state index >= 15 is 0 Å². The first kappa shape index (κ1) is 20.0. The van der Waals surface area contributed by atoms with Crippen molar-refractivity contribution >= 4 is 44.0 Å². The van der Waals surface area contributed by atoms with Crippen LogP contribution >= 0.6 is 27.3 Å². The van der Waals surface area contributed by atoms with E-state index in [9.17, 15) is 14.9 Å². The number of nitrogens with zero attached hydrogens (tertiary/aromatic N) is 2. The van der Waals surface area contributed by atoms with Crippen LogP contribution in [0.1, 0.15) is 12.5 Å². The maximum absolute atomic E-state index is 12.1. The van der Waals surface area contributed by atoms with Crippen molar-refractivity contribution < 1.29 is 14.5 Å². The number of anilines is 1. The van der Waals surface area contributed by atoms with Crippen LogP contribution in [-0.4, -0.2) is 22.4 Å². The zero-order valence-electron chi connectivity index (χ0n) is 14.8. The molecule has 0 spiro atoms. The number of hydrogen-bond acceptors (Lipinski definition) is 6. The summed E-state index contributed by atoms with van der Waals surface area (Å²) in [5, 5.41) is 15.6. The molecular weight excluding hydrogens is 446 g/mol. The molecule has 0 aliphatic carbocycles. The average Bonchev–Trinajstić information content (AvgIpc) is 3.15. The molecule has 0 atom stereocenters. The van der Waals surface area contributed by atoms with Gasteiger partial charge in [0.05, 0.1) is 15.1 Å². The first-order valence-corrected chi connectivity index (χ1v) is 10.0. The summed E-state index contributed by atoms with van der Waals surface area (Å²) in [7, 11) is 0. The van der Waals surface area contributed by atoms with Crippen molar-refractivity contribution in [1.29, 1.82) is 0 Å². The number of ether oxygens (including phenoxy) is 1. The van der Waals surface area contributed by atoms with Crippen LogP contribution in [0.4, 0.5) is 10.8 Å². The molecule has 0 unspecified atom stereocenters. The third kappa shape index (κ3) is 4.93. The van der Waals surface area contributed by atoms with Crippen molar-refractivity contribution in [3.63, 3.8) is 0 Å². The van der Waals surface area contributed by atoms with Crippen LogP contribution in [0.3, 0.4) is 0 Å². The van der Waals surface area contributed by atoms with Crippen molar-refractivity contribution in [2.24, 2.45) is 0 Å². The number of aromatic nitrogens is 1. The van der Waals surface area contributed by atoms with Crippen molar-refractivity contribution in [3.05, 3.63) is 68.0 Å². The van der Waals surface area contributed by atoms with Gasteiger partial charge in [-0.05, 0) is 52.2 Å². The molecule has 0 aliphatic heterocycles. The minimum atomic E-state index is -0.454. The minimum Gasteiger partial charge on any atom is -0.483 e. The van der Waals surface area contributed by atoms with Crippen LogP contribution < -0.4 is 10.1 Å². The van der Waals surface area contributed by atoms with Gasteiger partial charge in [0.1, 0.15) is 5.75 Å². The van der Waals surface area contributed by atoms with Gasteiger partial charge in [0.2, 0.25) is 0 Å². The molecule has 1 N–H and O–H groups in total. The maximum atomic E-state index is 12.1. The molecule has 0 saturated carbocycles. The molecular formula is C19H16BrN3O4S. The lowest BCUT2D eigenvalue weighted by molar-refractivity contribution is -0.384. The minimum absolute atomic E-state index is 0.0165. The SMILES string of the molecule is CCc1ccc(OCC(=O)Nc2nc(-c3ccc([N+](=O)[O-])cc3)cs2)c(Br)c1. The van der Waals surface area contributed by atoms with Gasteiger partial charge in [0.25, 0.3) is 11.6 Å². The molecule has 0 aliphatic rings. The van der Waals surface area contributed by atoms with Gasteiger partial charge in [-0.25, -0.2) is 4.98 Å². The molecule has 0 radical (unpaired) electrons. The summed E-state index contributed by atoms with van der Waals surface area (Å²) in [6, 6.07) is 11.8. The number of amides is 1. The van der Waals surface area contributed by atoms with E-state index in [1.165, 1.54) is 29.0 Å². The Morgan fingerprint density at radius 3 is 2.68 bits per heavy atom. The third-order valence-corrected chi connectivity index (χ3v) is 5.27. The number of non-ortho nitro benzene ring substituents is 1. The van der Waals surface area contributed by atoms with Gasteiger partial charge in [-0.1, -0.05) is 13.0 Å². The molecule has 0 saturated heterocycles. The van der Waals surface area contributed by atoms with Gasteiger partial charge in [0.15, 0.2) is 11.7 Å². The quantitative estimate of drug-likeness (QED) is 0.391. The molecule has 0 fully saturated rings. The Kier molecular flexibility index (Phi) is 6.37. The fourth-order valence-electron chi connectivity index (χ4n) is 2.40. The van der Waals surface area contributed by atoms with Crippen molar-refractivity contribution in [3.8, 4) is 17.0 Å². The maximum Gasteiger partial charge on any atom is 0.269 e. The Morgan fingerprint density at radius 1 is 1.29 bits per heavy atom. The van der Waals surface area contributed by atoms with Gasteiger partial charge in [-0.3, -0.25) is 20.2 Å². The first-order chi connectivity index (χ1) is 13.5. The lowest BCUT2D eigenvalue weighted by Crippen LogP contribution is -2.20. The van der Waals surface area contributed by atoms with E-state index in [2.05, 4.69) is 33.2 Å². The Morgan fingerprint density at radius 2 is 2.04 bits per heavy atom. The number of carbonyl (C=O) groups excluding carboxylic acids is 1. The van der Waals surface area contributed by atoms with Crippen LogP contribution in [0.25, 0.3) is 11.3 Å². The highest BCUT2D eigenvalue weighted by molar-refractivity contribution is 9.10. The largest absolute Gasteiger partial charge is 0.483 e. The average molecular weight is 462 g/mol. The highest BCUT2D eigenvalue weighted by Gasteiger charge is 2.11.